The number of benzene rings is 2. The summed E-state index contributed by atoms with van der Waals surface area (Å²) in [4.78, 5) is 32.9. The summed E-state index contributed by atoms with van der Waals surface area (Å²) < 4.78 is 23.8. The number of hydrogen-bond acceptors (Lipinski definition) is 8. The van der Waals surface area contributed by atoms with Crippen LogP contribution in [0.2, 0.25) is 0 Å². The number of furan rings is 1. The Bertz CT molecular complexity index is 1210. The van der Waals surface area contributed by atoms with Crippen molar-refractivity contribution < 1.29 is 28.2 Å². The van der Waals surface area contributed by atoms with Gasteiger partial charge in [-0.2, -0.15) is 5.10 Å². The molecule has 1 N–H and O–H groups in total. The van der Waals surface area contributed by atoms with Gasteiger partial charge in [-0.15, -0.1) is 0 Å². The zero-order chi connectivity index (χ0) is 22.5. The summed E-state index contributed by atoms with van der Waals surface area (Å²) in [5.41, 5.74) is 1.38. The lowest BCUT2D eigenvalue weighted by molar-refractivity contribution is -0.384. The molecule has 0 atom stereocenters. The molecule has 1 amide bonds. The van der Waals surface area contributed by atoms with Gasteiger partial charge in [-0.25, -0.2) is 9.82 Å². The maximum Gasteiger partial charge on any atom is 0.283 e. The van der Waals surface area contributed by atoms with Crippen LogP contribution in [0.15, 0.2) is 58.0 Å². The molecule has 2 aromatic carbocycles. The fourth-order valence-corrected chi connectivity index (χ4v) is 2.63. The fraction of sp³-hybridized carbons (Fsp3) is 0.0526. The van der Waals surface area contributed by atoms with Gasteiger partial charge < -0.3 is 9.15 Å². The fourth-order valence-electron chi connectivity index (χ4n) is 2.63. The Morgan fingerprint density at radius 1 is 1.13 bits per heavy atom. The number of halogens is 1. The van der Waals surface area contributed by atoms with Crippen molar-refractivity contribution in [1.29, 1.82) is 0 Å². The monoisotopic (exact) mass is 428 g/mol. The zero-order valence-corrected chi connectivity index (χ0v) is 15.8. The first kappa shape index (κ1) is 21.1. The minimum absolute atomic E-state index is 0.0661. The van der Waals surface area contributed by atoms with E-state index < -0.39 is 27.3 Å². The van der Waals surface area contributed by atoms with Crippen molar-refractivity contribution in [2.24, 2.45) is 5.10 Å². The first-order chi connectivity index (χ1) is 14.8. The first-order valence-corrected chi connectivity index (χ1v) is 8.50. The molecule has 0 radical (unpaired) electrons. The predicted molar refractivity (Wildman–Crippen MR) is 105 cm³/mol. The average molecular weight is 428 g/mol. The highest BCUT2D eigenvalue weighted by Gasteiger charge is 2.19. The SMILES string of the molecule is COc1ccc([N+](=O)[O-])cc1C(=O)N/N=C\c1ccc(-c2ccc(F)cc2[N+](=O)[O-])o1. The highest BCUT2D eigenvalue weighted by Crippen LogP contribution is 2.31. The maximum absolute atomic E-state index is 13.3. The van der Waals surface area contributed by atoms with E-state index in [2.05, 4.69) is 10.5 Å². The normalized spacial score (nSPS) is 10.8. The van der Waals surface area contributed by atoms with Crippen molar-refractivity contribution >= 4 is 23.5 Å². The molecule has 3 rings (SSSR count). The molecule has 11 nitrogen and oxygen atoms in total. The third-order valence-corrected chi connectivity index (χ3v) is 4.05. The average Bonchev–Trinajstić information content (AvgIpc) is 3.21. The molecule has 0 saturated heterocycles. The van der Waals surface area contributed by atoms with Crippen LogP contribution in [-0.4, -0.2) is 29.1 Å². The minimum atomic E-state index is -0.766. The molecule has 0 aliphatic heterocycles. The second-order valence-corrected chi connectivity index (χ2v) is 5.96. The Labute approximate surface area is 173 Å². The number of nitrogens with one attached hydrogen (secondary N) is 1. The van der Waals surface area contributed by atoms with Gasteiger partial charge in [0.2, 0.25) is 0 Å². The molecule has 31 heavy (non-hydrogen) atoms. The summed E-state index contributed by atoms with van der Waals surface area (Å²) in [5, 5.41) is 25.7. The van der Waals surface area contributed by atoms with E-state index in [0.29, 0.717) is 0 Å². The van der Waals surface area contributed by atoms with E-state index in [9.17, 15) is 29.4 Å². The lowest BCUT2D eigenvalue weighted by Gasteiger charge is -2.06. The first-order valence-electron chi connectivity index (χ1n) is 8.50. The van der Waals surface area contributed by atoms with Crippen LogP contribution < -0.4 is 10.2 Å². The van der Waals surface area contributed by atoms with Gasteiger partial charge in [-0.3, -0.25) is 25.0 Å². The zero-order valence-electron chi connectivity index (χ0n) is 15.8. The molecular weight excluding hydrogens is 415 g/mol. The van der Waals surface area contributed by atoms with Crippen molar-refractivity contribution in [2.45, 2.75) is 0 Å². The Morgan fingerprint density at radius 3 is 2.58 bits per heavy atom. The quantitative estimate of drug-likeness (QED) is 0.342. The Morgan fingerprint density at radius 2 is 1.90 bits per heavy atom. The number of hydrazone groups is 1. The van der Waals surface area contributed by atoms with Gasteiger partial charge in [-0.1, -0.05) is 0 Å². The molecule has 1 heterocycles. The van der Waals surface area contributed by atoms with Gasteiger partial charge >= 0.3 is 0 Å². The highest BCUT2D eigenvalue weighted by atomic mass is 19.1. The molecule has 3 aromatic rings. The van der Waals surface area contributed by atoms with Gasteiger partial charge in [0.15, 0.2) is 0 Å². The molecule has 158 valence electrons. The number of ether oxygens (including phenoxy) is 1. The number of carbonyl (C=O) groups excluding carboxylic acids is 1. The lowest BCUT2D eigenvalue weighted by Crippen LogP contribution is -2.18. The smallest absolute Gasteiger partial charge is 0.283 e. The van der Waals surface area contributed by atoms with Gasteiger partial charge in [0.1, 0.15) is 23.1 Å². The predicted octanol–water partition coefficient (Wildman–Crippen LogP) is 3.67. The van der Waals surface area contributed by atoms with Gasteiger partial charge in [-0.05, 0) is 30.3 Å². The Balaban J connectivity index is 1.77. The second kappa shape index (κ2) is 8.82. The van der Waals surface area contributed by atoms with Crippen LogP contribution >= 0.6 is 0 Å². The summed E-state index contributed by atoms with van der Waals surface area (Å²) in [6.07, 6.45) is 1.13. The number of methoxy groups -OCH3 is 1. The van der Waals surface area contributed by atoms with E-state index in [1.165, 1.54) is 37.4 Å². The van der Waals surface area contributed by atoms with Crippen molar-refractivity contribution in [3.05, 3.63) is 85.9 Å². The topological polar surface area (TPSA) is 150 Å². The molecule has 0 bridgehead atoms. The van der Waals surface area contributed by atoms with Crippen LogP contribution in [0.3, 0.4) is 0 Å². The molecule has 0 spiro atoms. The van der Waals surface area contributed by atoms with E-state index in [-0.39, 0.29) is 34.1 Å². The molecule has 0 unspecified atom stereocenters. The summed E-state index contributed by atoms with van der Waals surface area (Å²) in [5.74, 6) is -1.18. The van der Waals surface area contributed by atoms with Crippen molar-refractivity contribution in [2.75, 3.05) is 7.11 Å². The maximum atomic E-state index is 13.3. The van der Waals surface area contributed by atoms with E-state index >= 15 is 0 Å². The van der Waals surface area contributed by atoms with Gasteiger partial charge in [0.05, 0.1) is 40.4 Å². The third kappa shape index (κ3) is 4.70. The van der Waals surface area contributed by atoms with E-state index in [0.717, 1.165) is 24.4 Å². The number of hydrogen-bond donors (Lipinski definition) is 1. The van der Waals surface area contributed by atoms with Crippen LogP contribution in [0, 0.1) is 26.0 Å². The molecule has 1 aromatic heterocycles. The number of amides is 1. The Hall–Kier alpha value is -4.61. The van der Waals surface area contributed by atoms with E-state index in [4.69, 9.17) is 9.15 Å². The van der Waals surface area contributed by atoms with Crippen molar-refractivity contribution in [1.82, 2.24) is 5.43 Å². The molecule has 0 saturated carbocycles. The summed E-state index contributed by atoms with van der Waals surface area (Å²) in [6, 6.07) is 9.43. The van der Waals surface area contributed by atoms with E-state index in [1.54, 1.807) is 0 Å². The third-order valence-electron chi connectivity index (χ3n) is 4.05. The van der Waals surface area contributed by atoms with Crippen LogP contribution in [0.25, 0.3) is 11.3 Å². The van der Waals surface area contributed by atoms with Crippen molar-refractivity contribution in [3.8, 4) is 17.1 Å². The van der Waals surface area contributed by atoms with Gasteiger partial charge in [0, 0.05) is 12.1 Å². The van der Waals surface area contributed by atoms with Crippen LogP contribution in [0.5, 0.6) is 5.75 Å². The van der Waals surface area contributed by atoms with Gasteiger partial charge in [0.25, 0.3) is 17.3 Å². The molecule has 0 fully saturated rings. The molecular formula is C19H13FN4O7. The summed E-state index contributed by atoms with van der Waals surface area (Å²) >= 11 is 0. The number of nitro groups is 2. The largest absolute Gasteiger partial charge is 0.496 e. The van der Waals surface area contributed by atoms with Crippen LogP contribution in [0.1, 0.15) is 16.1 Å². The number of rotatable bonds is 7. The van der Waals surface area contributed by atoms with Crippen LogP contribution in [0.4, 0.5) is 15.8 Å². The second-order valence-electron chi connectivity index (χ2n) is 5.96. The van der Waals surface area contributed by atoms with E-state index in [1.807, 2.05) is 0 Å². The Kier molecular flexibility index (Phi) is 6.00. The number of nitrogens with zero attached hydrogens (tertiary/aromatic N) is 3. The van der Waals surface area contributed by atoms with Crippen molar-refractivity contribution in [3.63, 3.8) is 0 Å². The summed E-state index contributed by atoms with van der Waals surface area (Å²) in [6.45, 7) is 0. The standard InChI is InChI=1S/C19H13FN4O7/c1-30-17-6-3-12(23(26)27)9-15(17)19(25)22-21-10-13-4-7-18(31-13)14-5-2-11(20)8-16(14)24(28)29/h2-10H,1H3,(H,22,25)/b21-10-. The summed E-state index contributed by atoms with van der Waals surface area (Å²) in [7, 11) is 1.31. The molecule has 12 heteroatoms. The highest BCUT2D eigenvalue weighted by molar-refractivity contribution is 5.98. The molecule has 0 aliphatic carbocycles. The lowest BCUT2D eigenvalue weighted by atomic mass is 10.1. The number of nitro benzene ring substituents is 2. The minimum Gasteiger partial charge on any atom is -0.496 e. The number of non-ortho nitro benzene ring substituents is 1. The van der Waals surface area contributed by atoms with Crippen LogP contribution in [-0.2, 0) is 0 Å². The molecule has 0 aliphatic rings. The number of carbonyl (C=O) groups is 1.